The summed E-state index contributed by atoms with van der Waals surface area (Å²) in [6.07, 6.45) is 3.87. The van der Waals surface area contributed by atoms with Crippen molar-refractivity contribution < 1.29 is 4.74 Å². The quantitative estimate of drug-likeness (QED) is 0.222. The van der Waals surface area contributed by atoms with Gasteiger partial charge < -0.3 is 4.74 Å². The summed E-state index contributed by atoms with van der Waals surface area (Å²) in [5.41, 5.74) is 2.16. The van der Waals surface area contributed by atoms with Crippen LogP contribution in [0.1, 0.15) is 36.3 Å². The van der Waals surface area contributed by atoms with Crippen LogP contribution in [-0.4, -0.2) is 21.8 Å². The van der Waals surface area contributed by atoms with Gasteiger partial charge in [-0.2, -0.15) is 0 Å². The van der Waals surface area contributed by atoms with E-state index in [1.54, 1.807) is 34.9 Å². The molecular weight excluding hydrogens is 451 g/mol. The highest BCUT2D eigenvalue weighted by molar-refractivity contribution is 7.99. The van der Waals surface area contributed by atoms with Gasteiger partial charge in [-0.1, -0.05) is 48.0 Å². The SMILES string of the molecule is CC[C@]1(C)Cc2c(sc3nc(SC)nc(SCc4c(Cl)cccc4Cl)c23)CO1. The fraction of sp³-hybridized carbons (Fsp3) is 0.400. The maximum atomic E-state index is 6.37. The lowest BCUT2D eigenvalue weighted by atomic mass is 9.90. The molecule has 3 nitrogen and oxygen atoms in total. The van der Waals surface area contributed by atoms with Crippen molar-refractivity contribution in [1.29, 1.82) is 0 Å². The van der Waals surface area contributed by atoms with Crippen LogP contribution in [0.2, 0.25) is 10.0 Å². The Labute approximate surface area is 187 Å². The molecule has 1 atom stereocenters. The molecule has 1 aliphatic heterocycles. The summed E-state index contributed by atoms with van der Waals surface area (Å²) in [6.45, 7) is 5.01. The molecule has 3 heterocycles. The molecule has 0 saturated carbocycles. The van der Waals surface area contributed by atoms with Gasteiger partial charge in [0.25, 0.3) is 0 Å². The molecule has 1 aliphatic rings. The first-order valence-electron chi connectivity index (χ1n) is 9.00. The van der Waals surface area contributed by atoms with E-state index in [9.17, 15) is 0 Å². The number of nitrogens with zero attached hydrogens (tertiary/aromatic N) is 2. The molecule has 148 valence electrons. The van der Waals surface area contributed by atoms with Crippen LogP contribution < -0.4 is 0 Å². The summed E-state index contributed by atoms with van der Waals surface area (Å²) in [5.74, 6) is 0.671. The van der Waals surface area contributed by atoms with E-state index in [1.165, 1.54) is 15.8 Å². The van der Waals surface area contributed by atoms with Gasteiger partial charge in [0.2, 0.25) is 0 Å². The second kappa shape index (κ2) is 8.32. The number of thioether (sulfide) groups is 2. The predicted octanol–water partition coefficient (Wildman–Crippen LogP) is 7.25. The zero-order chi connectivity index (χ0) is 19.9. The third-order valence-electron chi connectivity index (χ3n) is 5.13. The highest BCUT2D eigenvalue weighted by Crippen LogP contribution is 2.44. The summed E-state index contributed by atoms with van der Waals surface area (Å²) in [5, 5.41) is 4.35. The second-order valence-electron chi connectivity index (χ2n) is 6.96. The van der Waals surface area contributed by atoms with Crippen LogP contribution in [0.15, 0.2) is 28.4 Å². The summed E-state index contributed by atoms with van der Waals surface area (Å²) in [4.78, 5) is 11.9. The van der Waals surface area contributed by atoms with Gasteiger partial charge in [0.15, 0.2) is 5.16 Å². The summed E-state index contributed by atoms with van der Waals surface area (Å²) >= 11 is 17.7. The Balaban J connectivity index is 1.77. The van der Waals surface area contributed by atoms with Crippen LogP contribution in [0.5, 0.6) is 0 Å². The van der Waals surface area contributed by atoms with Crippen molar-refractivity contribution in [3.63, 3.8) is 0 Å². The molecule has 0 spiro atoms. The molecular formula is C20H20Cl2N2OS3. The fourth-order valence-electron chi connectivity index (χ4n) is 3.25. The first kappa shape index (κ1) is 20.8. The van der Waals surface area contributed by atoms with E-state index in [-0.39, 0.29) is 5.60 Å². The Morgan fingerprint density at radius 1 is 1.25 bits per heavy atom. The molecule has 0 fully saturated rings. The van der Waals surface area contributed by atoms with E-state index in [2.05, 4.69) is 13.8 Å². The average molecular weight is 472 g/mol. The second-order valence-corrected chi connectivity index (χ2v) is 10.6. The molecule has 1 aromatic carbocycles. The van der Waals surface area contributed by atoms with Gasteiger partial charge in [-0.05, 0) is 42.9 Å². The van der Waals surface area contributed by atoms with E-state index in [0.717, 1.165) is 33.4 Å². The van der Waals surface area contributed by atoms with Gasteiger partial charge in [0.1, 0.15) is 9.86 Å². The van der Waals surface area contributed by atoms with Crippen molar-refractivity contribution in [2.24, 2.45) is 0 Å². The topological polar surface area (TPSA) is 35.0 Å². The van der Waals surface area contributed by atoms with Gasteiger partial charge in [0, 0.05) is 32.5 Å². The molecule has 0 aliphatic carbocycles. The first-order valence-corrected chi connectivity index (χ1v) is 12.8. The highest BCUT2D eigenvalue weighted by atomic mass is 35.5. The summed E-state index contributed by atoms with van der Waals surface area (Å²) < 4.78 is 6.14. The van der Waals surface area contributed by atoms with Gasteiger partial charge >= 0.3 is 0 Å². The zero-order valence-corrected chi connectivity index (χ0v) is 19.8. The maximum Gasteiger partial charge on any atom is 0.189 e. The number of rotatable bonds is 5. The number of hydrogen-bond donors (Lipinski definition) is 0. The number of aromatic nitrogens is 2. The van der Waals surface area contributed by atoms with E-state index in [0.29, 0.717) is 22.4 Å². The molecule has 0 saturated heterocycles. The highest BCUT2D eigenvalue weighted by Gasteiger charge is 2.33. The van der Waals surface area contributed by atoms with Crippen LogP contribution in [0.3, 0.4) is 0 Å². The molecule has 28 heavy (non-hydrogen) atoms. The lowest BCUT2D eigenvalue weighted by Crippen LogP contribution is -2.33. The number of hydrogen-bond acceptors (Lipinski definition) is 6. The minimum Gasteiger partial charge on any atom is -0.369 e. The Hall–Kier alpha value is -0.500. The molecule has 0 N–H and O–H groups in total. The number of benzene rings is 1. The third-order valence-corrected chi connectivity index (χ3v) is 8.49. The minimum atomic E-state index is -0.132. The van der Waals surface area contributed by atoms with Crippen molar-refractivity contribution >= 4 is 68.3 Å². The number of ether oxygens (including phenoxy) is 1. The minimum absolute atomic E-state index is 0.132. The summed E-state index contributed by atoms with van der Waals surface area (Å²) in [7, 11) is 0. The smallest absolute Gasteiger partial charge is 0.189 e. The van der Waals surface area contributed by atoms with Crippen LogP contribution in [0.4, 0.5) is 0 Å². The number of thiophene rings is 1. The molecule has 2 aromatic heterocycles. The maximum absolute atomic E-state index is 6.37. The number of halogens is 2. The van der Waals surface area contributed by atoms with Crippen molar-refractivity contribution in [2.45, 2.75) is 54.8 Å². The van der Waals surface area contributed by atoms with Gasteiger partial charge in [0.05, 0.1) is 12.2 Å². The number of fused-ring (bicyclic) bond motifs is 3. The monoisotopic (exact) mass is 470 g/mol. The van der Waals surface area contributed by atoms with Gasteiger partial charge in [-0.15, -0.1) is 23.1 Å². The molecule has 4 rings (SSSR count). The zero-order valence-electron chi connectivity index (χ0n) is 15.8. The average Bonchev–Trinajstić information content (AvgIpc) is 3.04. The van der Waals surface area contributed by atoms with Crippen LogP contribution in [0, 0.1) is 0 Å². The predicted molar refractivity (Wildman–Crippen MR) is 122 cm³/mol. The molecule has 3 aromatic rings. The molecule has 0 bridgehead atoms. The normalized spacial score (nSPS) is 19.2. The fourth-order valence-corrected chi connectivity index (χ4v) is 6.70. The largest absolute Gasteiger partial charge is 0.369 e. The summed E-state index contributed by atoms with van der Waals surface area (Å²) in [6, 6.07) is 5.62. The van der Waals surface area contributed by atoms with Crippen molar-refractivity contribution in [2.75, 3.05) is 6.26 Å². The Morgan fingerprint density at radius 3 is 2.68 bits per heavy atom. The van der Waals surface area contributed by atoms with Crippen LogP contribution in [0.25, 0.3) is 10.2 Å². The Kier molecular flexibility index (Phi) is 6.17. The molecule has 0 radical (unpaired) electrons. The van der Waals surface area contributed by atoms with E-state index in [1.807, 2.05) is 24.5 Å². The van der Waals surface area contributed by atoms with Crippen LogP contribution >= 0.6 is 58.1 Å². The Bertz CT molecular complexity index is 1020. The van der Waals surface area contributed by atoms with Gasteiger partial charge in [-0.3, -0.25) is 0 Å². The van der Waals surface area contributed by atoms with E-state index in [4.69, 9.17) is 37.9 Å². The standard InChI is InChI=1S/C20H20Cl2N2OS3/c1-4-20(2)8-11-15(9-25-20)28-18-16(11)17(23-19(24-18)26-3)27-10-12-13(21)6-5-7-14(12)22/h5-7H,4,8-10H2,1-3H3/t20-/m1/s1. The Morgan fingerprint density at radius 2 is 2.00 bits per heavy atom. The van der Waals surface area contributed by atoms with Crippen molar-refractivity contribution in [3.05, 3.63) is 44.2 Å². The molecule has 0 amide bonds. The first-order chi connectivity index (χ1) is 13.4. The van der Waals surface area contributed by atoms with Crippen molar-refractivity contribution in [1.82, 2.24) is 9.97 Å². The molecule has 0 unspecified atom stereocenters. The lowest BCUT2D eigenvalue weighted by Gasteiger charge is -2.33. The third kappa shape index (κ3) is 3.92. The van der Waals surface area contributed by atoms with Gasteiger partial charge in [-0.25, -0.2) is 9.97 Å². The molecule has 8 heteroatoms. The van der Waals surface area contributed by atoms with Crippen LogP contribution in [-0.2, 0) is 23.5 Å². The lowest BCUT2D eigenvalue weighted by molar-refractivity contribution is -0.0543. The van der Waals surface area contributed by atoms with E-state index < -0.39 is 0 Å². The van der Waals surface area contributed by atoms with Crippen molar-refractivity contribution in [3.8, 4) is 0 Å². The van der Waals surface area contributed by atoms with E-state index >= 15 is 0 Å².